The second-order valence-electron chi connectivity index (χ2n) is 4.26. The Morgan fingerprint density at radius 3 is 2.56 bits per heavy atom. The lowest BCUT2D eigenvalue weighted by Gasteiger charge is -2.29. The Bertz CT molecular complexity index is 350. The molecule has 18 heavy (non-hydrogen) atoms. The average Bonchev–Trinajstić information content (AvgIpc) is 2.38. The minimum atomic E-state index is -0.565. The number of hydrogen-bond donors (Lipinski definition) is 0. The van der Waals surface area contributed by atoms with E-state index in [1.165, 1.54) is 0 Å². The lowest BCUT2D eigenvalue weighted by Crippen LogP contribution is -2.37. The molecule has 1 rings (SSSR count). The Morgan fingerprint density at radius 1 is 1.33 bits per heavy atom. The predicted octanol–water partition coefficient (Wildman–Crippen LogP) is 3.41. The van der Waals surface area contributed by atoms with Crippen LogP contribution in [-0.2, 0) is 9.47 Å². The fourth-order valence-corrected chi connectivity index (χ4v) is 1.53. The summed E-state index contributed by atoms with van der Waals surface area (Å²) in [4.78, 5) is 0. The maximum Gasteiger partial charge on any atom is 0.156 e. The van der Waals surface area contributed by atoms with Crippen molar-refractivity contribution in [3.05, 3.63) is 43.0 Å². The zero-order valence-corrected chi connectivity index (χ0v) is 11.4. The van der Waals surface area contributed by atoms with E-state index in [-0.39, 0.29) is 6.29 Å². The molecule has 2 unspecified atom stereocenters. The molecule has 1 aromatic rings. The minimum absolute atomic E-state index is 0.280. The van der Waals surface area contributed by atoms with E-state index < -0.39 is 5.60 Å². The number of benzene rings is 1. The first-order chi connectivity index (χ1) is 8.59. The van der Waals surface area contributed by atoms with Crippen LogP contribution in [0.4, 0.5) is 0 Å². The summed E-state index contributed by atoms with van der Waals surface area (Å²) < 4.78 is 16.8. The highest BCUT2D eigenvalue weighted by Gasteiger charge is 2.25. The van der Waals surface area contributed by atoms with Gasteiger partial charge in [-0.25, -0.2) is 0 Å². The fraction of sp³-hybridized carbons (Fsp3) is 0.467. The van der Waals surface area contributed by atoms with Gasteiger partial charge in [-0.05, 0) is 32.9 Å². The molecule has 0 aliphatic carbocycles. The van der Waals surface area contributed by atoms with Crippen LogP contribution in [0.5, 0.6) is 5.75 Å². The van der Waals surface area contributed by atoms with E-state index in [0.29, 0.717) is 13.2 Å². The van der Waals surface area contributed by atoms with Gasteiger partial charge in [-0.1, -0.05) is 24.3 Å². The third-order valence-electron chi connectivity index (χ3n) is 2.54. The maximum atomic E-state index is 5.78. The van der Waals surface area contributed by atoms with Crippen LogP contribution in [0.25, 0.3) is 0 Å². The summed E-state index contributed by atoms with van der Waals surface area (Å²) in [5.74, 6) is 0.818. The van der Waals surface area contributed by atoms with Gasteiger partial charge >= 0.3 is 0 Å². The van der Waals surface area contributed by atoms with E-state index in [1.54, 1.807) is 6.08 Å². The average molecular weight is 250 g/mol. The van der Waals surface area contributed by atoms with Crippen LogP contribution in [0, 0.1) is 0 Å². The zero-order valence-electron chi connectivity index (χ0n) is 11.4. The van der Waals surface area contributed by atoms with Crippen molar-refractivity contribution in [2.24, 2.45) is 0 Å². The fourth-order valence-electron chi connectivity index (χ4n) is 1.53. The Morgan fingerprint density at radius 2 is 2.00 bits per heavy atom. The monoisotopic (exact) mass is 250 g/mol. The summed E-state index contributed by atoms with van der Waals surface area (Å²) in [6.45, 7) is 10.6. The molecule has 0 heterocycles. The molecule has 0 N–H and O–H groups in total. The molecule has 0 aromatic heterocycles. The van der Waals surface area contributed by atoms with Crippen molar-refractivity contribution in [3.8, 4) is 5.75 Å². The summed E-state index contributed by atoms with van der Waals surface area (Å²) in [6.07, 6.45) is 1.46. The van der Waals surface area contributed by atoms with Crippen LogP contribution in [0.15, 0.2) is 43.0 Å². The first-order valence-electron chi connectivity index (χ1n) is 6.20. The van der Waals surface area contributed by atoms with Crippen molar-refractivity contribution >= 4 is 0 Å². The standard InChI is InChI=1S/C15H22O3/c1-5-15(4,18-13(3)16-6-2)12-17-14-10-8-7-9-11-14/h5,7-11,13H,1,6,12H2,2-4H3. The molecule has 0 aliphatic rings. The Hall–Kier alpha value is -1.32. The van der Waals surface area contributed by atoms with Gasteiger partial charge in [-0.15, -0.1) is 6.58 Å². The summed E-state index contributed by atoms with van der Waals surface area (Å²) in [7, 11) is 0. The molecular weight excluding hydrogens is 228 g/mol. The molecule has 0 radical (unpaired) electrons. The molecule has 0 spiro atoms. The van der Waals surface area contributed by atoms with E-state index in [0.717, 1.165) is 5.75 Å². The van der Waals surface area contributed by atoms with Gasteiger partial charge in [0.15, 0.2) is 6.29 Å². The Kier molecular flexibility index (Phi) is 5.89. The number of ether oxygens (including phenoxy) is 3. The van der Waals surface area contributed by atoms with E-state index in [4.69, 9.17) is 14.2 Å². The quantitative estimate of drug-likeness (QED) is 0.522. The lowest BCUT2D eigenvalue weighted by molar-refractivity contribution is -0.186. The van der Waals surface area contributed by atoms with Crippen molar-refractivity contribution < 1.29 is 14.2 Å². The minimum Gasteiger partial charge on any atom is -0.490 e. The second-order valence-corrected chi connectivity index (χ2v) is 4.26. The van der Waals surface area contributed by atoms with Gasteiger partial charge in [0.2, 0.25) is 0 Å². The van der Waals surface area contributed by atoms with Gasteiger partial charge in [0.05, 0.1) is 0 Å². The normalized spacial score (nSPS) is 15.7. The van der Waals surface area contributed by atoms with Crippen LogP contribution in [0.1, 0.15) is 20.8 Å². The first-order valence-corrected chi connectivity index (χ1v) is 6.20. The highest BCUT2D eigenvalue weighted by Crippen LogP contribution is 2.18. The van der Waals surface area contributed by atoms with Gasteiger partial charge in [-0.3, -0.25) is 0 Å². The molecule has 0 amide bonds. The van der Waals surface area contributed by atoms with E-state index in [9.17, 15) is 0 Å². The van der Waals surface area contributed by atoms with E-state index in [2.05, 4.69) is 6.58 Å². The summed E-state index contributed by atoms with van der Waals surface area (Å²) in [5.41, 5.74) is -0.565. The van der Waals surface area contributed by atoms with Crippen molar-refractivity contribution in [2.75, 3.05) is 13.2 Å². The number of rotatable bonds is 8. The Balaban J connectivity index is 2.52. The van der Waals surface area contributed by atoms with Crippen LogP contribution in [-0.4, -0.2) is 25.1 Å². The van der Waals surface area contributed by atoms with Gasteiger partial charge < -0.3 is 14.2 Å². The highest BCUT2D eigenvalue weighted by molar-refractivity contribution is 5.21. The van der Waals surface area contributed by atoms with E-state index in [1.807, 2.05) is 51.1 Å². The maximum absolute atomic E-state index is 5.78. The predicted molar refractivity (Wildman–Crippen MR) is 72.7 cm³/mol. The van der Waals surface area contributed by atoms with Crippen LogP contribution < -0.4 is 4.74 Å². The molecule has 0 saturated heterocycles. The van der Waals surface area contributed by atoms with Gasteiger partial charge in [0.25, 0.3) is 0 Å². The molecule has 0 bridgehead atoms. The topological polar surface area (TPSA) is 27.7 Å². The molecule has 100 valence electrons. The SMILES string of the molecule is C=CC(C)(COc1ccccc1)OC(C)OCC. The largest absolute Gasteiger partial charge is 0.490 e. The number of hydrogen-bond acceptors (Lipinski definition) is 3. The summed E-state index contributed by atoms with van der Waals surface area (Å²) in [5, 5.41) is 0. The van der Waals surface area contributed by atoms with Crippen LogP contribution in [0.2, 0.25) is 0 Å². The third-order valence-corrected chi connectivity index (χ3v) is 2.54. The highest BCUT2D eigenvalue weighted by atomic mass is 16.7. The molecule has 3 nitrogen and oxygen atoms in total. The van der Waals surface area contributed by atoms with Crippen molar-refractivity contribution in [1.82, 2.24) is 0 Å². The zero-order chi connectivity index (χ0) is 13.4. The molecule has 0 fully saturated rings. The molecule has 0 saturated carbocycles. The second kappa shape index (κ2) is 7.19. The summed E-state index contributed by atoms with van der Waals surface area (Å²) >= 11 is 0. The first kappa shape index (κ1) is 14.7. The van der Waals surface area contributed by atoms with Crippen molar-refractivity contribution in [1.29, 1.82) is 0 Å². The lowest BCUT2D eigenvalue weighted by atomic mass is 10.1. The van der Waals surface area contributed by atoms with Crippen LogP contribution >= 0.6 is 0 Å². The molecule has 1 aromatic carbocycles. The molecular formula is C15H22O3. The van der Waals surface area contributed by atoms with E-state index >= 15 is 0 Å². The van der Waals surface area contributed by atoms with Gasteiger partial charge in [0.1, 0.15) is 18.0 Å². The van der Waals surface area contributed by atoms with Gasteiger partial charge in [-0.2, -0.15) is 0 Å². The molecule has 3 heteroatoms. The van der Waals surface area contributed by atoms with Crippen LogP contribution in [0.3, 0.4) is 0 Å². The smallest absolute Gasteiger partial charge is 0.156 e. The molecule has 0 aliphatic heterocycles. The number of para-hydroxylation sites is 1. The molecule has 2 atom stereocenters. The summed E-state index contributed by atoms with van der Waals surface area (Å²) in [6, 6.07) is 9.65. The van der Waals surface area contributed by atoms with Crippen molar-refractivity contribution in [2.45, 2.75) is 32.7 Å². The van der Waals surface area contributed by atoms with Crippen molar-refractivity contribution in [3.63, 3.8) is 0 Å². The third kappa shape index (κ3) is 4.90. The Labute approximate surface area is 109 Å². The van der Waals surface area contributed by atoms with Gasteiger partial charge in [0, 0.05) is 6.61 Å².